The van der Waals surface area contributed by atoms with Gasteiger partial charge in [-0.3, -0.25) is 0 Å². The fourth-order valence-electron chi connectivity index (χ4n) is 1.71. The van der Waals surface area contributed by atoms with Gasteiger partial charge in [0.25, 0.3) is 0 Å². The summed E-state index contributed by atoms with van der Waals surface area (Å²) in [7, 11) is 0. The first-order chi connectivity index (χ1) is 6.63. The van der Waals surface area contributed by atoms with Crippen molar-refractivity contribution in [1.29, 1.82) is 0 Å². The van der Waals surface area contributed by atoms with Crippen molar-refractivity contribution in [3.05, 3.63) is 35.1 Å². The summed E-state index contributed by atoms with van der Waals surface area (Å²) in [6.45, 7) is 0.461. The Kier molecular flexibility index (Phi) is 2.23. The van der Waals surface area contributed by atoms with Crippen molar-refractivity contribution in [1.82, 2.24) is 0 Å². The SMILES string of the molecule is NC[C@@H]1C[C@H]1c1cc(F)c(F)cc1F. The minimum atomic E-state index is -1.14. The van der Waals surface area contributed by atoms with Gasteiger partial charge < -0.3 is 5.73 Å². The summed E-state index contributed by atoms with van der Waals surface area (Å²) in [5.41, 5.74) is 5.64. The molecule has 0 aliphatic heterocycles. The zero-order chi connectivity index (χ0) is 10.3. The maximum atomic E-state index is 13.2. The second-order valence-corrected chi connectivity index (χ2v) is 3.63. The van der Waals surface area contributed by atoms with Gasteiger partial charge in [0.15, 0.2) is 11.6 Å². The van der Waals surface area contributed by atoms with Crippen LogP contribution in [0.1, 0.15) is 17.9 Å². The second kappa shape index (κ2) is 3.28. The summed E-state index contributed by atoms with van der Waals surface area (Å²) in [4.78, 5) is 0. The lowest BCUT2D eigenvalue weighted by molar-refractivity contribution is 0.489. The maximum absolute atomic E-state index is 13.2. The number of halogens is 3. The topological polar surface area (TPSA) is 26.0 Å². The summed E-state index contributed by atoms with van der Waals surface area (Å²) >= 11 is 0. The molecule has 76 valence electrons. The molecule has 0 radical (unpaired) electrons. The summed E-state index contributed by atoms with van der Waals surface area (Å²) in [5.74, 6) is -2.63. The Labute approximate surface area is 79.7 Å². The number of benzene rings is 1. The largest absolute Gasteiger partial charge is 0.330 e. The quantitative estimate of drug-likeness (QED) is 0.729. The molecule has 1 nitrogen and oxygen atoms in total. The third-order valence-corrected chi connectivity index (χ3v) is 2.66. The minimum Gasteiger partial charge on any atom is -0.330 e. The van der Waals surface area contributed by atoms with Crippen LogP contribution in [0.25, 0.3) is 0 Å². The lowest BCUT2D eigenvalue weighted by Crippen LogP contribution is -2.03. The van der Waals surface area contributed by atoms with Crippen molar-refractivity contribution in [2.24, 2.45) is 11.7 Å². The molecule has 1 aliphatic rings. The van der Waals surface area contributed by atoms with Crippen LogP contribution in [0.15, 0.2) is 12.1 Å². The van der Waals surface area contributed by atoms with E-state index >= 15 is 0 Å². The number of nitrogens with two attached hydrogens (primary N) is 1. The van der Waals surface area contributed by atoms with Crippen molar-refractivity contribution < 1.29 is 13.2 Å². The van der Waals surface area contributed by atoms with Gasteiger partial charge in [0.1, 0.15) is 5.82 Å². The Morgan fingerprint density at radius 3 is 2.36 bits per heavy atom. The van der Waals surface area contributed by atoms with E-state index < -0.39 is 17.5 Å². The standard InChI is InChI=1S/C10H10F3N/c11-8-3-10(13)9(12)2-7(8)6-1-5(6)4-14/h2-3,5-6H,1,4,14H2/t5-,6+/m0/s1. The van der Waals surface area contributed by atoms with E-state index in [1.807, 2.05) is 0 Å². The van der Waals surface area contributed by atoms with E-state index in [0.29, 0.717) is 12.6 Å². The van der Waals surface area contributed by atoms with Gasteiger partial charge in [0.05, 0.1) is 0 Å². The molecule has 0 unspecified atom stereocenters. The van der Waals surface area contributed by atoms with Gasteiger partial charge in [-0.1, -0.05) is 0 Å². The Morgan fingerprint density at radius 2 is 1.79 bits per heavy atom. The molecule has 2 rings (SSSR count). The Morgan fingerprint density at radius 1 is 1.14 bits per heavy atom. The van der Waals surface area contributed by atoms with E-state index in [-0.39, 0.29) is 17.4 Å². The Bertz CT molecular complexity index is 365. The molecular formula is C10H10F3N. The molecule has 1 fully saturated rings. The summed E-state index contributed by atoms with van der Waals surface area (Å²) in [5, 5.41) is 0. The molecule has 0 bridgehead atoms. The van der Waals surface area contributed by atoms with Crippen LogP contribution in [0.2, 0.25) is 0 Å². The highest BCUT2D eigenvalue weighted by molar-refractivity contribution is 5.29. The van der Waals surface area contributed by atoms with Crippen molar-refractivity contribution in [3.8, 4) is 0 Å². The van der Waals surface area contributed by atoms with E-state index in [2.05, 4.69) is 0 Å². The third-order valence-electron chi connectivity index (χ3n) is 2.66. The van der Waals surface area contributed by atoms with Gasteiger partial charge in [0.2, 0.25) is 0 Å². The average molecular weight is 201 g/mol. The molecule has 1 saturated carbocycles. The highest BCUT2D eigenvalue weighted by Gasteiger charge is 2.39. The summed E-state index contributed by atoms with van der Waals surface area (Å²) in [6.07, 6.45) is 0.762. The second-order valence-electron chi connectivity index (χ2n) is 3.63. The molecule has 1 aliphatic carbocycles. The fourth-order valence-corrected chi connectivity index (χ4v) is 1.71. The smallest absolute Gasteiger partial charge is 0.161 e. The van der Waals surface area contributed by atoms with Gasteiger partial charge in [-0.2, -0.15) is 0 Å². The van der Waals surface area contributed by atoms with Gasteiger partial charge in [-0.15, -0.1) is 0 Å². The zero-order valence-electron chi connectivity index (χ0n) is 7.43. The molecule has 0 amide bonds. The predicted molar refractivity (Wildman–Crippen MR) is 46.2 cm³/mol. The van der Waals surface area contributed by atoms with Crippen LogP contribution in [0.5, 0.6) is 0 Å². The average Bonchev–Trinajstić information content (AvgIpc) is 2.90. The minimum absolute atomic E-state index is 0.0323. The van der Waals surface area contributed by atoms with E-state index in [1.165, 1.54) is 0 Å². The van der Waals surface area contributed by atoms with Crippen LogP contribution in [-0.4, -0.2) is 6.54 Å². The molecule has 14 heavy (non-hydrogen) atoms. The van der Waals surface area contributed by atoms with E-state index in [1.54, 1.807) is 0 Å². The molecule has 0 saturated heterocycles. The van der Waals surface area contributed by atoms with Crippen LogP contribution in [0, 0.1) is 23.4 Å². The molecule has 1 aromatic carbocycles. The molecule has 2 N–H and O–H groups in total. The number of hydrogen-bond acceptors (Lipinski definition) is 1. The Balaban J connectivity index is 2.31. The molecular weight excluding hydrogens is 191 g/mol. The van der Waals surface area contributed by atoms with Crippen molar-refractivity contribution in [2.75, 3.05) is 6.54 Å². The Hall–Kier alpha value is -1.03. The van der Waals surface area contributed by atoms with E-state index in [9.17, 15) is 13.2 Å². The van der Waals surface area contributed by atoms with E-state index in [4.69, 9.17) is 5.73 Å². The first-order valence-electron chi connectivity index (χ1n) is 4.48. The van der Waals surface area contributed by atoms with Gasteiger partial charge >= 0.3 is 0 Å². The van der Waals surface area contributed by atoms with Crippen molar-refractivity contribution in [3.63, 3.8) is 0 Å². The van der Waals surface area contributed by atoms with Crippen molar-refractivity contribution in [2.45, 2.75) is 12.3 Å². The number of rotatable bonds is 2. The van der Waals surface area contributed by atoms with Crippen LogP contribution >= 0.6 is 0 Å². The van der Waals surface area contributed by atoms with Crippen molar-refractivity contribution >= 4 is 0 Å². The molecule has 2 atom stereocenters. The van der Waals surface area contributed by atoms with Crippen LogP contribution < -0.4 is 5.73 Å². The molecule has 4 heteroatoms. The molecule has 0 aromatic heterocycles. The lowest BCUT2D eigenvalue weighted by Gasteiger charge is -2.02. The normalized spacial score (nSPS) is 25.1. The third kappa shape index (κ3) is 1.50. The van der Waals surface area contributed by atoms with Crippen LogP contribution in [0.3, 0.4) is 0 Å². The van der Waals surface area contributed by atoms with Gasteiger partial charge in [-0.05, 0) is 36.4 Å². The molecule has 0 heterocycles. The first kappa shape index (κ1) is 9.52. The van der Waals surface area contributed by atoms with Gasteiger partial charge in [0, 0.05) is 6.07 Å². The van der Waals surface area contributed by atoms with Crippen LogP contribution in [-0.2, 0) is 0 Å². The highest BCUT2D eigenvalue weighted by atomic mass is 19.2. The predicted octanol–water partition coefficient (Wildman–Crippen LogP) is 2.17. The summed E-state index contributed by atoms with van der Waals surface area (Å²) in [6, 6.07) is 1.53. The van der Waals surface area contributed by atoms with E-state index in [0.717, 1.165) is 12.5 Å². The fraction of sp³-hybridized carbons (Fsp3) is 0.400. The van der Waals surface area contributed by atoms with Gasteiger partial charge in [-0.25, -0.2) is 13.2 Å². The first-order valence-corrected chi connectivity index (χ1v) is 4.48. The highest BCUT2D eigenvalue weighted by Crippen LogP contribution is 2.47. The zero-order valence-corrected chi connectivity index (χ0v) is 7.43. The monoisotopic (exact) mass is 201 g/mol. The van der Waals surface area contributed by atoms with Crippen LogP contribution in [0.4, 0.5) is 13.2 Å². The molecule has 1 aromatic rings. The lowest BCUT2D eigenvalue weighted by atomic mass is 10.1. The molecule has 0 spiro atoms. The summed E-state index contributed by atoms with van der Waals surface area (Å²) < 4.78 is 38.6. The number of hydrogen-bond donors (Lipinski definition) is 1. The maximum Gasteiger partial charge on any atom is 0.161 e.